The summed E-state index contributed by atoms with van der Waals surface area (Å²) >= 11 is 0. The Morgan fingerprint density at radius 2 is 3.00 bits per heavy atom. The summed E-state index contributed by atoms with van der Waals surface area (Å²) in [4.78, 5) is 10.3. The van der Waals surface area contributed by atoms with E-state index in [2.05, 4.69) is 0 Å². The van der Waals surface area contributed by atoms with Crippen LogP contribution in [0.4, 0.5) is 0 Å². The Balaban J connectivity index is 4.38. The van der Waals surface area contributed by atoms with Crippen molar-refractivity contribution in [3.05, 3.63) is 0 Å². The molecule has 0 bridgehead atoms. The first-order valence-electron chi connectivity index (χ1n) is 3.68. The molecule has 0 aliphatic carbocycles. The molecule has 0 saturated carbocycles. The highest BCUT2D eigenvalue weighted by molar-refractivity contribution is 5.69. The Hall–Kier alpha value is -0.530. The third-order valence-electron chi connectivity index (χ3n) is 0.623. The van der Waals surface area contributed by atoms with Gasteiger partial charge in [0.1, 0.15) is 0 Å². The predicted octanol–water partition coefficient (Wildman–Crippen LogP) is 1.12. The highest BCUT2D eigenvalue weighted by Crippen LogP contribution is 1.97. The van der Waals surface area contributed by atoms with Crippen LogP contribution in [0.3, 0.4) is 0 Å². The molecular formula is C5H10O2. The second kappa shape index (κ2) is 2.61. The topological polar surface area (TPSA) is 37.3 Å². The molecule has 0 spiro atoms. The molecule has 0 rings (SSSR count). The first-order chi connectivity index (χ1) is 4.45. The number of carboxylic acid groups (broad SMARTS) is 1. The van der Waals surface area contributed by atoms with Gasteiger partial charge >= 0.3 is 5.97 Å². The summed E-state index contributed by atoms with van der Waals surface area (Å²) in [5, 5.41) is 8.38. The molecule has 0 heterocycles. The highest BCUT2D eigenvalue weighted by atomic mass is 16.4. The minimum Gasteiger partial charge on any atom is -0.481 e. The maximum absolute atomic E-state index is 10.3. The van der Waals surface area contributed by atoms with E-state index in [-0.39, 0.29) is 0 Å². The van der Waals surface area contributed by atoms with Crippen LogP contribution in [0.1, 0.15) is 24.3 Å². The Morgan fingerprint density at radius 3 is 3.00 bits per heavy atom. The van der Waals surface area contributed by atoms with Gasteiger partial charge in [-0.1, -0.05) is 13.8 Å². The summed E-state index contributed by atoms with van der Waals surface area (Å²) in [5.41, 5.74) is 0. The van der Waals surface area contributed by atoms with Gasteiger partial charge < -0.3 is 5.11 Å². The molecule has 0 aromatic carbocycles. The van der Waals surface area contributed by atoms with Gasteiger partial charge in [-0.3, -0.25) is 4.79 Å². The summed E-state index contributed by atoms with van der Waals surface area (Å²) in [6.07, 6.45) is -1.07. The summed E-state index contributed by atoms with van der Waals surface area (Å²) in [5.74, 6) is -3.36. The molecule has 0 aromatic rings. The summed E-state index contributed by atoms with van der Waals surface area (Å²) in [6.45, 7) is 0.725. The summed E-state index contributed by atoms with van der Waals surface area (Å²) in [7, 11) is 0. The molecule has 0 aliphatic rings. The molecule has 0 amide bonds. The van der Waals surface area contributed by atoms with Crippen LogP contribution in [0.2, 0.25) is 0 Å². The molecule has 7 heavy (non-hydrogen) atoms. The lowest BCUT2D eigenvalue weighted by atomic mass is 10.1. The standard InChI is InChI=1S/C5H10O2/c1-3-4(2)5(6)7/h4H,3H2,1-2H3,(H,6,7)/t4-/m1/s1/i2D,3D,4D/t3-,4-. The van der Waals surface area contributed by atoms with Gasteiger partial charge in [-0.25, -0.2) is 0 Å². The molecule has 0 aliphatic heterocycles. The van der Waals surface area contributed by atoms with Crippen LogP contribution < -0.4 is 0 Å². The Bertz CT molecular complexity index is 137. The average molecular weight is 105 g/mol. The third kappa shape index (κ3) is 2.20. The van der Waals surface area contributed by atoms with E-state index in [9.17, 15) is 4.79 Å². The normalized spacial score (nSPS) is 28.4. The van der Waals surface area contributed by atoms with Crippen molar-refractivity contribution >= 4 is 5.97 Å². The van der Waals surface area contributed by atoms with Crippen LogP contribution in [0.15, 0.2) is 0 Å². The molecule has 0 aromatic heterocycles. The smallest absolute Gasteiger partial charge is 0.306 e. The number of aliphatic carboxylic acids is 1. The third-order valence-corrected chi connectivity index (χ3v) is 0.623. The number of hydrogen-bond acceptors (Lipinski definition) is 1. The fraction of sp³-hybridized carbons (Fsp3) is 0.800. The lowest BCUT2D eigenvalue weighted by molar-refractivity contribution is -0.141. The first-order valence-corrected chi connectivity index (χ1v) is 1.90. The second-order valence-electron chi connectivity index (χ2n) is 1.12. The van der Waals surface area contributed by atoms with E-state index < -0.39 is 25.2 Å². The minimum atomic E-state index is -1.96. The van der Waals surface area contributed by atoms with Crippen LogP contribution >= 0.6 is 0 Å². The Kier molecular flexibility index (Phi) is 1.01. The lowest BCUT2D eigenvalue weighted by Crippen LogP contribution is -2.06. The Morgan fingerprint density at radius 1 is 2.43 bits per heavy atom. The second-order valence-corrected chi connectivity index (χ2v) is 1.12. The molecule has 42 valence electrons. The van der Waals surface area contributed by atoms with E-state index >= 15 is 0 Å². The van der Waals surface area contributed by atoms with Crippen molar-refractivity contribution in [2.45, 2.75) is 20.2 Å². The van der Waals surface area contributed by atoms with Gasteiger partial charge in [-0.05, 0) is 6.40 Å². The Labute approximate surface area is 47.4 Å². The molecule has 1 N–H and O–H groups in total. The predicted molar refractivity (Wildman–Crippen MR) is 27.1 cm³/mol. The van der Waals surface area contributed by atoms with Crippen LogP contribution in [0.25, 0.3) is 0 Å². The molecule has 0 fully saturated rings. The minimum absolute atomic E-state index is 0.576. The number of rotatable bonds is 2. The van der Waals surface area contributed by atoms with Crippen molar-refractivity contribution < 1.29 is 14.0 Å². The monoisotopic (exact) mass is 105 g/mol. The maximum Gasteiger partial charge on any atom is 0.306 e. The van der Waals surface area contributed by atoms with Crippen molar-refractivity contribution in [1.29, 1.82) is 0 Å². The molecule has 0 unspecified atom stereocenters. The number of carboxylic acids is 1. The number of hydrogen-bond donors (Lipinski definition) is 1. The average Bonchev–Trinajstić information content (AvgIpc) is 1.85. The van der Waals surface area contributed by atoms with Gasteiger partial charge in [0.05, 0.1) is 5.89 Å². The van der Waals surface area contributed by atoms with Gasteiger partial charge in [0.25, 0.3) is 0 Å². The highest BCUT2D eigenvalue weighted by Gasteiger charge is 2.05. The largest absolute Gasteiger partial charge is 0.481 e. The fourth-order valence-electron chi connectivity index (χ4n) is 0.123. The summed E-state index contributed by atoms with van der Waals surface area (Å²) < 4.78 is 20.8. The van der Waals surface area contributed by atoms with E-state index in [1.165, 1.54) is 6.92 Å². The van der Waals surface area contributed by atoms with Crippen LogP contribution in [-0.2, 0) is 4.79 Å². The van der Waals surface area contributed by atoms with Gasteiger partial charge in [0.2, 0.25) is 0 Å². The van der Waals surface area contributed by atoms with Crippen molar-refractivity contribution in [2.24, 2.45) is 5.89 Å². The summed E-state index contributed by atoms with van der Waals surface area (Å²) in [6, 6.07) is 0. The molecule has 0 saturated heterocycles. The molecule has 2 nitrogen and oxygen atoms in total. The molecule has 2 heteroatoms. The van der Waals surface area contributed by atoms with E-state index in [0.717, 1.165) is 0 Å². The molecule has 0 radical (unpaired) electrons. The molecule has 2 atom stereocenters. The van der Waals surface area contributed by atoms with Crippen molar-refractivity contribution in [3.63, 3.8) is 0 Å². The quantitative estimate of drug-likeness (QED) is 0.571. The van der Waals surface area contributed by atoms with Gasteiger partial charge in [-0.2, -0.15) is 0 Å². The van der Waals surface area contributed by atoms with Crippen LogP contribution in [-0.4, -0.2) is 11.1 Å². The zero-order valence-corrected chi connectivity index (χ0v) is 4.14. The van der Waals surface area contributed by atoms with E-state index in [1.54, 1.807) is 0 Å². The van der Waals surface area contributed by atoms with Crippen LogP contribution in [0, 0.1) is 5.89 Å². The van der Waals surface area contributed by atoms with Gasteiger partial charge in [0.15, 0.2) is 0 Å². The van der Waals surface area contributed by atoms with Crippen molar-refractivity contribution in [3.8, 4) is 0 Å². The van der Waals surface area contributed by atoms with E-state index in [0.29, 0.717) is 0 Å². The van der Waals surface area contributed by atoms with E-state index in [1.807, 2.05) is 0 Å². The fourth-order valence-corrected chi connectivity index (χ4v) is 0.123. The van der Waals surface area contributed by atoms with Crippen molar-refractivity contribution in [2.75, 3.05) is 0 Å². The van der Waals surface area contributed by atoms with Crippen molar-refractivity contribution in [1.82, 2.24) is 0 Å². The van der Waals surface area contributed by atoms with Crippen LogP contribution in [0.5, 0.6) is 0 Å². The maximum atomic E-state index is 10.3. The zero-order chi connectivity index (χ0) is 8.36. The van der Waals surface area contributed by atoms with Gasteiger partial charge in [-0.15, -0.1) is 0 Å². The van der Waals surface area contributed by atoms with E-state index in [4.69, 9.17) is 9.22 Å². The lowest BCUT2D eigenvalue weighted by Gasteiger charge is -1.96. The SMILES string of the molecule is [2H]C[C@@]([2H])(C(=O)O)[C@H]([2H])C. The van der Waals surface area contributed by atoms with Gasteiger partial charge in [0, 0.05) is 4.11 Å². The number of carbonyl (C=O) groups is 1. The first kappa shape index (κ1) is 2.70. The molecular weight excluding hydrogens is 92.1 g/mol. The zero-order valence-electron chi connectivity index (χ0n) is 7.14.